The van der Waals surface area contributed by atoms with Gasteiger partial charge in [0.15, 0.2) is 6.29 Å². The summed E-state index contributed by atoms with van der Waals surface area (Å²) in [4.78, 5) is 16.2. The van der Waals surface area contributed by atoms with Crippen molar-refractivity contribution in [1.82, 2.24) is 9.38 Å². The minimum atomic E-state index is 0.431. The maximum Gasteiger partial charge on any atom is 0.166 e. The number of hydrogen-bond donors (Lipinski definition) is 0. The van der Waals surface area contributed by atoms with Gasteiger partial charge < -0.3 is 4.40 Å². The van der Waals surface area contributed by atoms with Crippen LogP contribution in [0.3, 0.4) is 0 Å². The maximum atomic E-state index is 11.4. The van der Waals surface area contributed by atoms with Gasteiger partial charge in [-0.25, -0.2) is 4.98 Å². The molecule has 112 valence electrons. The Balaban J connectivity index is 2.21. The van der Waals surface area contributed by atoms with Crippen LogP contribution in [0.4, 0.5) is 0 Å². The second kappa shape index (κ2) is 5.37. The Hall–Kier alpha value is -2.36. The summed E-state index contributed by atoms with van der Waals surface area (Å²) in [6.07, 6.45) is 0.823. The van der Waals surface area contributed by atoms with Gasteiger partial charge in [-0.05, 0) is 24.3 Å². The van der Waals surface area contributed by atoms with Gasteiger partial charge in [0, 0.05) is 5.56 Å². The van der Waals surface area contributed by atoms with E-state index in [1.54, 1.807) is 18.2 Å². The highest BCUT2D eigenvalue weighted by Gasteiger charge is 2.14. The first kappa shape index (κ1) is 14.2. The molecule has 0 spiro atoms. The van der Waals surface area contributed by atoms with E-state index in [1.807, 2.05) is 40.8 Å². The topological polar surface area (TPSA) is 34.4 Å². The zero-order valence-electron chi connectivity index (χ0n) is 11.8. The molecule has 0 atom stereocenters. The number of fused-ring (bicyclic) bond motifs is 3. The molecule has 0 aliphatic carbocycles. The van der Waals surface area contributed by atoms with Crippen LogP contribution in [0, 0.1) is 0 Å². The van der Waals surface area contributed by atoms with Crippen LogP contribution in [0.2, 0.25) is 10.0 Å². The van der Waals surface area contributed by atoms with Gasteiger partial charge in [-0.1, -0.05) is 53.5 Å². The summed E-state index contributed by atoms with van der Waals surface area (Å²) >= 11 is 12.3. The van der Waals surface area contributed by atoms with E-state index < -0.39 is 0 Å². The molecular formula is C18H10Cl2N2O. The SMILES string of the molecule is O=Cc1ccc2c(-c3ccccc3)nc3cc(Cl)c(Cl)cc3n12. The van der Waals surface area contributed by atoms with Crippen molar-refractivity contribution in [2.24, 2.45) is 0 Å². The number of halogens is 2. The van der Waals surface area contributed by atoms with Crippen molar-refractivity contribution in [3.05, 3.63) is 70.3 Å². The van der Waals surface area contributed by atoms with Crippen LogP contribution in [-0.4, -0.2) is 15.7 Å². The van der Waals surface area contributed by atoms with Crippen LogP contribution in [-0.2, 0) is 0 Å². The van der Waals surface area contributed by atoms with E-state index >= 15 is 0 Å². The first-order chi connectivity index (χ1) is 11.2. The largest absolute Gasteiger partial charge is 0.303 e. The number of nitrogens with zero attached hydrogens (tertiary/aromatic N) is 2. The minimum absolute atomic E-state index is 0.431. The molecule has 0 saturated heterocycles. The lowest BCUT2D eigenvalue weighted by Gasteiger charge is -2.11. The molecule has 0 N–H and O–H groups in total. The predicted molar refractivity (Wildman–Crippen MR) is 93.5 cm³/mol. The lowest BCUT2D eigenvalue weighted by atomic mass is 10.1. The van der Waals surface area contributed by atoms with Crippen molar-refractivity contribution in [3.8, 4) is 11.3 Å². The van der Waals surface area contributed by atoms with Gasteiger partial charge in [0.2, 0.25) is 0 Å². The minimum Gasteiger partial charge on any atom is -0.303 e. The molecule has 0 radical (unpaired) electrons. The summed E-state index contributed by atoms with van der Waals surface area (Å²) in [5.41, 5.74) is 4.60. The number of aldehydes is 1. The Morgan fingerprint density at radius 2 is 1.65 bits per heavy atom. The summed E-state index contributed by atoms with van der Waals surface area (Å²) in [6, 6.07) is 17.0. The lowest BCUT2D eigenvalue weighted by molar-refractivity contribution is 0.111. The third-order valence-corrected chi connectivity index (χ3v) is 4.53. The number of carbonyl (C=O) groups is 1. The Bertz CT molecular complexity index is 1060. The molecule has 0 aliphatic rings. The molecule has 4 aromatic rings. The second-order valence-electron chi connectivity index (χ2n) is 5.18. The molecule has 0 amide bonds. The molecule has 0 aliphatic heterocycles. The zero-order valence-corrected chi connectivity index (χ0v) is 13.3. The maximum absolute atomic E-state index is 11.4. The summed E-state index contributed by atoms with van der Waals surface area (Å²) in [6.45, 7) is 0. The van der Waals surface area contributed by atoms with Gasteiger partial charge in [0.05, 0.1) is 38.0 Å². The first-order valence-electron chi connectivity index (χ1n) is 7.00. The van der Waals surface area contributed by atoms with E-state index in [-0.39, 0.29) is 0 Å². The molecule has 2 aromatic heterocycles. The van der Waals surface area contributed by atoms with Crippen LogP contribution in [0.1, 0.15) is 10.5 Å². The summed E-state index contributed by atoms with van der Waals surface area (Å²) in [5, 5.41) is 0.866. The number of carbonyl (C=O) groups excluding carboxylic acids is 1. The average molecular weight is 341 g/mol. The fraction of sp³-hybridized carbons (Fsp3) is 0. The fourth-order valence-corrected chi connectivity index (χ4v) is 3.09. The van der Waals surface area contributed by atoms with Crippen LogP contribution in [0.15, 0.2) is 54.6 Å². The highest BCUT2D eigenvalue weighted by Crippen LogP contribution is 2.32. The normalized spacial score (nSPS) is 11.2. The predicted octanol–water partition coefficient (Wildman–Crippen LogP) is 5.27. The van der Waals surface area contributed by atoms with Gasteiger partial charge in [-0.3, -0.25) is 4.79 Å². The van der Waals surface area contributed by atoms with Crippen LogP contribution in [0.25, 0.3) is 27.8 Å². The Morgan fingerprint density at radius 3 is 2.39 bits per heavy atom. The van der Waals surface area contributed by atoms with Crippen LogP contribution < -0.4 is 0 Å². The first-order valence-corrected chi connectivity index (χ1v) is 7.75. The van der Waals surface area contributed by atoms with Crippen molar-refractivity contribution >= 4 is 46.0 Å². The number of benzene rings is 2. The van der Waals surface area contributed by atoms with Gasteiger partial charge in [-0.15, -0.1) is 0 Å². The van der Waals surface area contributed by atoms with Crippen molar-refractivity contribution in [2.75, 3.05) is 0 Å². The Labute approximate surface area is 142 Å². The monoisotopic (exact) mass is 340 g/mol. The smallest absolute Gasteiger partial charge is 0.166 e. The van der Waals surface area contributed by atoms with Gasteiger partial charge >= 0.3 is 0 Å². The number of aromatic nitrogens is 2. The highest BCUT2D eigenvalue weighted by molar-refractivity contribution is 6.42. The average Bonchev–Trinajstić information content (AvgIpc) is 3.00. The van der Waals surface area contributed by atoms with Gasteiger partial charge in [-0.2, -0.15) is 0 Å². The molecule has 0 saturated carbocycles. The van der Waals surface area contributed by atoms with Gasteiger partial charge in [0.25, 0.3) is 0 Å². The van der Waals surface area contributed by atoms with Crippen molar-refractivity contribution in [3.63, 3.8) is 0 Å². The molecular weight excluding hydrogens is 331 g/mol. The van der Waals surface area contributed by atoms with Gasteiger partial charge in [0.1, 0.15) is 0 Å². The highest BCUT2D eigenvalue weighted by atomic mass is 35.5. The molecule has 3 nitrogen and oxygen atoms in total. The van der Waals surface area contributed by atoms with Crippen molar-refractivity contribution in [1.29, 1.82) is 0 Å². The van der Waals surface area contributed by atoms with Crippen LogP contribution >= 0.6 is 23.2 Å². The molecule has 4 rings (SSSR count). The quantitative estimate of drug-likeness (QED) is 0.465. The van der Waals surface area contributed by atoms with Crippen LogP contribution in [0.5, 0.6) is 0 Å². The Kier molecular flexibility index (Phi) is 3.33. The zero-order chi connectivity index (χ0) is 16.0. The lowest BCUT2D eigenvalue weighted by Crippen LogP contribution is -1.98. The fourth-order valence-electron chi connectivity index (χ4n) is 2.78. The van der Waals surface area contributed by atoms with E-state index in [0.29, 0.717) is 21.3 Å². The van der Waals surface area contributed by atoms with Crippen molar-refractivity contribution in [2.45, 2.75) is 0 Å². The number of rotatable bonds is 2. The molecule has 2 aromatic carbocycles. The summed E-state index contributed by atoms with van der Waals surface area (Å²) < 4.78 is 1.86. The molecule has 0 bridgehead atoms. The standard InChI is InChI=1S/C18H10Cl2N2O/c19-13-8-15-17(9-14(13)20)22-12(10-23)6-7-16(22)18(21-15)11-4-2-1-3-5-11/h1-10H. The Morgan fingerprint density at radius 1 is 0.913 bits per heavy atom. The third kappa shape index (κ3) is 2.21. The number of hydrogen-bond acceptors (Lipinski definition) is 2. The van der Waals surface area contributed by atoms with E-state index in [4.69, 9.17) is 28.2 Å². The van der Waals surface area contributed by atoms with E-state index in [0.717, 1.165) is 28.6 Å². The molecule has 2 heterocycles. The molecule has 5 heteroatoms. The molecule has 23 heavy (non-hydrogen) atoms. The van der Waals surface area contributed by atoms with E-state index in [2.05, 4.69) is 0 Å². The summed E-state index contributed by atoms with van der Waals surface area (Å²) in [7, 11) is 0. The molecule has 0 unspecified atom stereocenters. The van der Waals surface area contributed by atoms with E-state index in [9.17, 15) is 4.79 Å². The molecule has 0 fully saturated rings. The van der Waals surface area contributed by atoms with Crippen molar-refractivity contribution < 1.29 is 4.79 Å². The third-order valence-electron chi connectivity index (χ3n) is 3.81. The van der Waals surface area contributed by atoms with E-state index in [1.165, 1.54) is 0 Å². The second-order valence-corrected chi connectivity index (χ2v) is 5.99. The summed E-state index contributed by atoms with van der Waals surface area (Å²) in [5.74, 6) is 0.